The van der Waals surface area contributed by atoms with Crippen molar-refractivity contribution in [1.29, 1.82) is 0 Å². The van der Waals surface area contributed by atoms with Crippen molar-refractivity contribution in [3.8, 4) is 5.75 Å². The van der Waals surface area contributed by atoms with Gasteiger partial charge in [-0.05, 0) is 37.1 Å². The molecule has 1 fully saturated rings. The van der Waals surface area contributed by atoms with Gasteiger partial charge in [0.1, 0.15) is 12.4 Å². The Morgan fingerprint density at radius 1 is 1.18 bits per heavy atom. The van der Waals surface area contributed by atoms with Crippen LogP contribution in [0, 0.1) is 0 Å². The molecule has 1 aliphatic rings. The van der Waals surface area contributed by atoms with Crippen LogP contribution >= 0.6 is 0 Å². The fourth-order valence-corrected chi connectivity index (χ4v) is 2.54. The highest BCUT2D eigenvalue weighted by Crippen LogP contribution is 2.22. The number of nitrogens with one attached hydrogen (secondary N) is 1. The van der Waals surface area contributed by atoms with Gasteiger partial charge < -0.3 is 15.2 Å². The number of nitrogens with zero attached hydrogens (tertiary/aromatic N) is 1. The van der Waals surface area contributed by atoms with Crippen molar-refractivity contribution in [3.63, 3.8) is 0 Å². The fraction of sp³-hybridized carbons (Fsp3) is 0.600. The van der Waals surface area contributed by atoms with Gasteiger partial charge in [-0.2, -0.15) is 13.2 Å². The topological polar surface area (TPSA) is 44.7 Å². The van der Waals surface area contributed by atoms with Crippen molar-refractivity contribution in [1.82, 2.24) is 4.90 Å². The largest absolute Gasteiger partial charge is 0.491 e. The molecule has 0 amide bonds. The second-order valence-electron chi connectivity index (χ2n) is 5.41. The first-order valence-electron chi connectivity index (χ1n) is 7.35. The summed E-state index contributed by atoms with van der Waals surface area (Å²) in [6.45, 7) is 0.307. The number of hydrogen-bond donors (Lipinski definition) is 2. The number of benzene rings is 1. The average Bonchev–Trinajstić information content (AvgIpc) is 2.47. The second-order valence-corrected chi connectivity index (χ2v) is 5.41. The van der Waals surface area contributed by atoms with E-state index >= 15 is 0 Å². The highest BCUT2D eigenvalue weighted by atomic mass is 19.4. The maximum Gasteiger partial charge on any atom is 0.401 e. The van der Waals surface area contributed by atoms with Crippen molar-refractivity contribution in [3.05, 3.63) is 24.3 Å². The standard InChI is InChI=1S/C15H21F3N2O2/c16-15(17,18)11-20-7-5-13(6-8-20)19-12-1-3-14(4-2-12)22-10-9-21/h1-4,13,19,21H,5-11H2. The monoisotopic (exact) mass is 318 g/mol. The highest BCUT2D eigenvalue weighted by Gasteiger charge is 2.32. The highest BCUT2D eigenvalue weighted by molar-refractivity contribution is 5.47. The van der Waals surface area contributed by atoms with E-state index in [2.05, 4.69) is 5.32 Å². The molecule has 2 rings (SSSR count). The molecule has 1 aromatic rings. The lowest BCUT2D eigenvalue weighted by atomic mass is 10.0. The van der Waals surface area contributed by atoms with Crippen molar-refractivity contribution in [2.24, 2.45) is 0 Å². The zero-order valence-electron chi connectivity index (χ0n) is 12.3. The molecule has 0 radical (unpaired) electrons. The zero-order chi connectivity index (χ0) is 16.0. The van der Waals surface area contributed by atoms with Gasteiger partial charge in [0.15, 0.2) is 0 Å². The number of aliphatic hydroxyl groups excluding tert-OH is 1. The van der Waals surface area contributed by atoms with Crippen LogP contribution in [0.1, 0.15) is 12.8 Å². The quantitative estimate of drug-likeness (QED) is 0.846. The van der Waals surface area contributed by atoms with Crippen LogP contribution in [0.5, 0.6) is 5.75 Å². The molecule has 0 spiro atoms. The molecule has 7 heteroatoms. The smallest absolute Gasteiger partial charge is 0.401 e. The molecule has 0 aliphatic carbocycles. The van der Waals surface area contributed by atoms with E-state index < -0.39 is 12.7 Å². The number of hydrogen-bond acceptors (Lipinski definition) is 4. The van der Waals surface area contributed by atoms with E-state index in [9.17, 15) is 13.2 Å². The molecule has 0 saturated carbocycles. The summed E-state index contributed by atoms with van der Waals surface area (Å²) in [4.78, 5) is 1.45. The molecule has 0 bridgehead atoms. The van der Waals surface area contributed by atoms with Crippen LogP contribution in [0.4, 0.5) is 18.9 Å². The first kappa shape index (κ1) is 16.9. The maximum atomic E-state index is 12.3. The summed E-state index contributed by atoms with van der Waals surface area (Å²) in [5.41, 5.74) is 0.922. The van der Waals surface area contributed by atoms with Crippen LogP contribution in [0.2, 0.25) is 0 Å². The molecule has 1 saturated heterocycles. The number of halogens is 3. The Hall–Kier alpha value is -1.47. The summed E-state index contributed by atoms with van der Waals surface area (Å²) in [5.74, 6) is 0.680. The molecule has 0 aromatic heterocycles. The molecule has 1 heterocycles. The summed E-state index contributed by atoms with van der Waals surface area (Å²) in [6, 6.07) is 7.53. The van der Waals surface area contributed by atoms with Crippen molar-refractivity contribution < 1.29 is 23.0 Å². The van der Waals surface area contributed by atoms with Gasteiger partial charge in [-0.1, -0.05) is 0 Å². The van der Waals surface area contributed by atoms with E-state index in [-0.39, 0.29) is 19.3 Å². The van der Waals surface area contributed by atoms with Gasteiger partial charge in [0.2, 0.25) is 0 Å². The minimum Gasteiger partial charge on any atom is -0.491 e. The molecule has 0 unspecified atom stereocenters. The van der Waals surface area contributed by atoms with Crippen LogP contribution < -0.4 is 10.1 Å². The summed E-state index contributed by atoms with van der Waals surface area (Å²) in [5, 5.41) is 12.0. The van der Waals surface area contributed by atoms with Crippen LogP contribution in [0.25, 0.3) is 0 Å². The number of piperidine rings is 1. The predicted molar refractivity (Wildman–Crippen MR) is 78.2 cm³/mol. The maximum absolute atomic E-state index is 12.3. The molecular weight excluding hydrogens is 297 g/mol. The SMILES string of the molecule is OCCOc1ccc(NC2CCN(CC(F)(F)F)CC2)cc1. The van der Waals surface area contributed by atoms with E-state index in [1.54, 1.807) is 12.1 Å². The van der Waals surface area contributed by atoms with Gasteiger partial charge in [-0.15, -0.1) is 0 Å². The lowest BCUT2D eigenvalue weighted by Crippen LogP contribution is -2.43. The van der Waals surface area contributed by atoms with Gasteiger partial charge in [0, 0.05) is 24.8 Å². The minimum absolute atomic E-state index is 0.0312. The fourth-order valence-electron chi connectivity index (χ4n) is 2.54. The van der Waals surface area contributed by atoms with Gasteiger partial charge in [0.25, 0.3) is 0 Å². The molecule has 1 aromatic carbocycles. The number of aliphatic hydroxyl groups is 1. The Kier molecular flexibility index (Phi) is 5.90. The zero-order valence-corrected chi connectivity index (χ0v) is 12.3. The summed E-state index contributed by atoms with van der Waals surface area (Å²) < 4.78 is 42.2. The Bertz CT molecular complexity index is 443. The van der Waals surface area contributed by atoms with E-state index in [1.807, 2.05) is 12.1 Å². The third-order valence-corrected chi connectivity index (χ3v) is 3.58. The third kappa shape index (κ3) is 5.73. The van der Waals surface area contributed by atoms with E-state index in [1.165, 1.54) is 4.90 Å². The Labute approximate surface area is 127 Å². The number of alkyl halides is 3. The Morgan fingerprint density at radius 2 is 1.82 bits per heavy atom. The van der Waals surface area contributed by atoms with Crippen LogP contribution in [0.15, 0.2) is 24.3 Å². The average molecular weight is 318 g/mol. The first-order valence-corrected chi connectivity index (χ1v) is 7.35. The van der Waals surface area contributed by atoms with Crippen molar-refractivity contribution in [2.45, 2.75) is 25.1 Å². The number of rotatable bonds is 6. The van der Waals surface area contributed by atoms with Gasteiger partial charge in [-0.3, -0.25) is 4.90 Å². The van der Waals surface area contributed by atoms with Crippen molar-refractivity contribution in [2.75, 3.05) is 38.2 Å². The molecule has 4 nitrogen and oxygen atoms in total. The summed E-state index contributed by atoms with van der Waals surface area (Å²) >= 11 is 0. The Balaban J connectivity index is 1.76. The molecule has 0 atom stereocenters. The van der Waals surface area contributed by atoms with E-state index in [0.717, 1.165) is 5.69 Å². The molecule has 2 N–H and O–H groups in total. The Morgan fingerprint density at radius 3 is 2.36 bits per heavy atom. The number of anilines is 1. The van der Waals surface area contributed by atoms with Gasteiger partial charge in [-0.25, -0.2) is 0 Å². The first-order chi connectivity index (χ1) is 10.5. The van der Waals surface area contributed by atoms with Crippen LogP contribution in [0.3, 0.4) is 0 Å². The number of ether oxygens (including phenoxy) is 1. The molecule has 1 aliphatic heterocycles. The molecule has 124 valence electrons. The second kappa shape index (κ2) is 7.69. The third-order valence-electron chi connectivity index (χ3n) is 3.58. The predicted octanol–water partition coefficient (Wildman–Crippen LogP) is 2.50. The lowest BCUT2D eigenvalue weighted by Gasteiger charge is -2.33. The molecular formula is C15H21F3N2O2. The lowest BCUT2D eigenvalue weighted by molar-refractivity contribution is -0.147. The van der Waals surface area contributed by atoms with E-state index in [0.29, 0.717) is 31.7 Å². The summed E-state index contributed by atoms with van der Waals surface area (Å²) in [7, 11) is 0. The van der Waals surface area contributed by atoms with E-state index in [4.69, 9.17) is 9.84 Å². The molecule has 22 heavy (non-hydrogen) atoms. The van der Waals surface area contributed by atoms with Crippen molar-refractivity contribution >= 4 is 5.69 Å². The normalized spacial score (nSPS) is 17.5. The van der Waals surface area contributed by atoms with Gasteiger partial charge in [0.05, 0.1) is 13.2 Å². The van der Waals surface area contributed by atoms with Crippen LogP contribution in [-0.2, 0) is 0 Å². The van der Waals surface area contributed by atoms with Gasteiger partial charge >= 0.3 is 6.18 Å². The van der Waals surface area contributed by atoms with Crippen LogP contribution in [-0.4, -0.2) is 55.1 Å². The summed E-state index contributed by atoms with van der Waals surface area (Å²) in [6.07, 6.45) is -2.73. The number of likely N-dealkylation sites (tertiary alicyclic amines) is 1. The minimum atomic E-state index is -4.12.